The molecule has 0 aliphatic carbocycles. The number of nitrogens with zero attached hydrogens (tertiary/aromatic N) is 3. The summed E-state index contributed by atoms with van der Waals surface area (Å²) in [6, 6.07) is 5.64. The van der Waals surface area contributed by atoms with E-state index in [1.54, 1.807) is 13.3 Å². The van der Waals surface area contributed by atoms with Crippen molar-refractivity contribution < 1.29 is 4.74 Å². The smallest absolute Gasteiger partial charge is 0.213 e. The zero-order chi connectivity index (χ0) is 12.3. The second-order valence-corrected chi connectivity index (χ2v) is 4.25. The Morgan fingerprint density at radius 3 is 2.82 bits per heavy atom. The first kappa shape index (κ1) is 12.0. The molecule has 0 fully saturated rings. The first-order valence-electron chi connectivity index (χ1n) is 5.26. The molecule has 0 atom stereocenters. The van der Waals surface area contributed by atoms with Crippen LogP contribution in [0.3, 0.4) is 0 Å². The van der Waals surface area contributed by atoms with E-state index in [9.17, 15) is 0 Å². The summed E-state index contributed by atoms with van der Waals surface area (Å²) >= 11 is 3.39. The van der Waals surface area contributed by atoms with Crippen LogP contribution >= 0.6 is 15.9 Å². The van der Waals surface area contributed by atoms with Crippen LogP contribution in [0.4, 0.5) is 0 Å². The number of halogens is 1. The van der Waals surface area contributed by atoms with Gasteiger partial charge in [-0.3, -0.25) is 0 Å². The maximum absolute atomic E-state index is 5.10. The van der Waals surface area contributed by atoms with Gasteiger partial charge in [-0.2, -0.15) is 0 Å². The topological polar surface area (TPSA) is 47.9 Å². The third-order valence-corrected chi connectivity index (χ3v) is 2.70. The molecule has 0 amide bonds. The Kier molecular flexibility index (Phi) is 3.68. The average molecular weight is 294 g/mol. The van der Waals surface area contributed by atoms with Crippen molar-refractivity contribution in [1.29, 1.82) is 0 Å². The molecular formula is C12H12BrN3O. The number of ether oxygens (including phenoxy) is 1. The molecule has 2 aromatic heterocycles. The fourth-order valence-electron chi connectivity index (χ4n) is 1.45. The number of methoxy groups -OCH3 is 1. The zero-order valence-corrected chi connectivity index (χ0v) is 11.2. The molecular weight excluding hydrogens is 282 g/mol. The molecule has 4 nitrogen and oxygen atoms in total. The minimum atomic E-state index is 0.579. The van der Waals surface area contributed by atoms with Crippen LogP contribution < -0.4 is 4.74 Å². The largest absolute Gasteiger partial charge is 0.481 e. The summed E-state index contributed by atoms with van der Waals surface area (Å²) in [4.78, 5) is 12.8. The van der Waals surface area contributed by atoms with E-state index in [0.29, 0.717) is 5.88 Å². The fourth-order valence-corrected chi connectivity index (χ4v) is 1.87. The third kappa shape index (κ3) is 2.79. The van der Waals surface area contributed by atoms with Crippen LogP contribution in [0, 0.1) is 0 Å². The van der Waals surface area contributed by atoms with Gasteiger partial charge in [-0.05, 0) is 28.1 Å². The van der Waals surface area contributed by atoms with Gasteiger partial charge >= 0.3 is 0 Å². The molecule has 0 radical (unpaired) electrons. The van der Waals surface area contributed by atoms with Crippen molar-refractivity contribution in [3.05, 3.63) is 34.8 Å². The van der Waals surface area contributed by atoms with Gasteiger partial charge in [0.25, 0.3) is 0 Å². The minimum Gasteiger partial charge on any atom is -0.481 e. The highest BCUT2D eigenvalue weighted by Crippen LogP contribution is 2.22. The first-order valence-corrected chi connectivity index (χ1v) is 6.06. The van der Waals surface area contributed by atoms with Crippen LogP contribution in [0.15, 0.2) is 29.0 Å². The third-order valence-electron chi connectivity index (χ3n) is 2.30. The van der Waals surface area contributed by atoms with E-state index in [-0.39, 0.29) is 0 Å². The molecule has 0 aliphatic heterocycles. The molecule has 0 spiro atoms. The predicted octanol–water partition coefficient (Wildman–Crippen LogP) is 2.87. The molecule has 5 heteroatoms. The Labute approximate surface area is 108 Å². The summed E-state index contributed by atoms with van der Waals surface area (Å²) < 4.78 is 5.88. The maximum Gasteiger partial charge on any atom is 0.213 e. The zero-order valence-electron chi connectivity index (χ0n) is 9.64. The Balaban J connectivity index is 2.47. The number of hydrogen-bond donors (Lipinski definition) is 0. The van der Waals surface area contributed by atoms with Gasteiger partial charge in [-0.1, -0.05) is 6.92 Å². The number of hydrogen-bond acceptors (Lipinski definition) is 4. The predicted molar refractivity (Wildman–Crippen MR) is 68.9 cm³/mol. The SMILES string of the molecule is CCc1nc(Br)cc(-c2ccnc(OC)c2)n1. The van der Waals surface area contributed by atoms with Gasteiger partial charge in [0.1, 0.15) is 10.4 Å². The molecule has 88 valence electrons. The normalized spacial score (nSPS) is 10.3. The highest BCUT2D eigenvalue weighted by Gasteiger charge is 2.05. The van der Waals surface area contributed by atoms with Crippen LogP contribution in [0.2, 0.25) is 0 Å². The van der Waals surface area contributed by atoms with E-state index in [0.717, 1.165) is 28.1 Å². The lowest BCUT2D eigenvalue weighted by Gasteiger charge is -2.05. The number of pyridine rings is 1. The van der Waals surface area contributed by atoms with Crippen molar-refractivity contribution in [2.24, 2.45) is 0 Å². The molecule has 0 saturated heterocycles. The van der Waals surface area contributed by atoms with Gasteiger partial charge in [0, 0.05) is 24.2 Å². The highest BCUT2D eigenvalue weighted by atomic mass is 79.9. The van der Waals surface area contributed by atoms with Crippen molar-refractivity contribution in [3.8, 4) is 17.1 Å². The molecule has 2 aromatic rings. The Hall–Kier alpha value is -1.49. The van der Waals surface area contributed by atoms with Gasteiger partial charge < -0.3 is 4.74 Å². The van der Waals surface area contributed by atoms with E-state index >= 15 is 0 Å². The minimum absolute atomic E-state index is 0.579. The van der Waals surface area contributed by atoms with Crippen molar-refractivity contribution in [2.45, 2.75) is 13.3 Å². The van der Waals surface area contributed by atoms with Crippen molar-refractivity contribution in [2.75, 3.05) is 7.11 Å². The van der Waals surface area contributed by atoms with Gasteiger partial charge in [-0.25, -0.2) is 15.0 Å². The summed E-state index contributed by atoms with van der Waals surface area (Å²) in [5.74, 6) is 1.39. The second-order valence-electron chi connectivity index (χ2n) is 3.43. The molecule has 2 heterocycles. The summed E-state index contributed by atoms with van der Waals surface area (Å²) in [5, 5.41) is 0. The summed E-state index contributed by atoms with van der Waals surface area (Å²) in [5.41, 5.74) is 1.83. The van der Waals surface area contributed by atoms with Gasteiger partial charge in [0.05, 0.1) is 12.8 Å². The van der Waals surface area contributed by atoms with E-state index in [1.807, 2.05) is 25.1 Å². The number of aromatic nitrogens is 3. The van der Waals surface area contributed by atoms with Crippen LogP contribution in [0.5, 0.6) is 5.88 Å². The first-order chi connectivity index (χ1) is 8.22. The highest BCUT2D eigenvalue weighted by molar-refractivity contribution is 9.10. The van der Waals surface area contributed by atoms with Crippen LogP contribution in [0.1, 0.15) is 12.7 Å². The van der Waals surface area contributed by atoms with Crippen LogP contribution in [-0.4, -0.2) is 22.1 Å². The Morgan fingerprint density at radius 1 is 1.29 bits per heavy atom. The van der Waals surface area contributed by atoms with Crippen LogP contribution in [-0.2, 0) is 6.42 Å². The van der Waals surface area contributed by atoms with E-state index in [1.165, 1.54) is 0 Å². The van der Waals surface area contributed by atoms with Crippen molar-refractivity contribution in [1.82, 2.24) is 15.0 Å². The lowest BCUT2D eigenvalue weighted by Crippen LogP contribution is -1.96. The second kappa shape index (κ2) is 5.23. The molecule has 0 N–H and O–H groups in total. The summed E-state index contributed by atoms with van der Waals surface area (Å²) in [7, 11) is 1.60. The monoisotopic (exact) mass is 293 g/mol. The molecule has 2 rings (SSSR count). The quantitative estimate of drug-likeness (QED) is 0.817. The van der Waals surface area contributed by atoms with Crippen LogP contribution in [0.25, 0.3) is 11.3 Å². The Morgan fingerprint density at radius 2 is 2.12 bits per heavy atom. The summed E-state index contributed by atoms with van der Waals surface area (Å²) in [6.07, 6.45) is 2.50. The van der Waals surface area contributed by atoms with Gasteiger partial charge in [0.15, 0.2) is 0 Å². The standard InChI is InChI=1S/C12H12BrN3O/c1-3-11-15-9(7-10(13)16-11)8-4-5-14-12(6-8)17-2/h4-7H,3H2,1-2H3. The van der Waals surface area contributed by atoms with E-state index < -0.39 is 0 Å². The molecule has 17 heavy (non-hydrogen) atoms. The molecule has 0 saturated carbocycles. The van der Waals surface area contributed by atoms with Crippen molar-refractivity contribution in [3.63, 3.8) is 0 Å². The maximum atomic E-state index is 5.10. The van der Waals surface area contributed by atoms with Gasteiger partial charge in [0.2, 0.25) is 5.88 Å². The number of rotatable bonds is 3. The lowest BCUT2D eigenvalue weighted by atomic mass is 10.2. The van der Waals surface area contributed by atoms with Gasteiger partial charge in [-0.15, -0.1) is 0 Å². The number of aryl methyl sites for hydroxylation is 1. The Bertz CT molecular complexity index is 531. The van der Waals surface area contributed by atoms with E-state index in [2.05, 4.69) is 30.9 Å². The summed E-state index contributed by atoms with van der Waals surface area (Å²) in [6.45, 7) is 2.03. The molecule has 0 aromatic carbocycles. The lowest BCUT2D eigenvalue weighted by molar-refractivity contribution is 0.398. The molecule has 0 unspecified atom stereocenters. The molecule has 0 bridgehead atoms. The average Bonchev–Trinajstić information content (AvgIpc) is 2.38. The molecule has 0 aliphatic rings. The van der Waals surface area contributed by atoms with E-state index in [4.69, 9.17) is 4.74 Å². The van der Waals surface area contributed by atoms with Crippen molar-refractivity contribution >= 4 is 15.9 Å². The fraction of sp³-hybridized carbons (Fsp3) is 0.250.